The quantitative estimate of drug-likeness (QED) is 0.629. The van der Waals surface area contributed by atoms with Crippen LogP contribution in [0.1, 0.15) is 27.7 Å². The van der Waals surface area contributed by atoms with Gasteiger partial charge in [-0.05, 0) is 27.7 Å². The number of hydrogen-bond acceptors (Lipinski definition) is 2. The van der Waals surface area contributed by atoms with E-state index in [-0.39, 0.29) is 50.5 Å². The minimum absolute atomic E-state index is 0. The van der Waals surface area contributed by atoms with Crippen LogP contribution in [-0.4, -0.2) is 11.6 Å². The first-order chi connectivity index (χ1) is 3.46. The predicted molar refractivity (Wildman–Crippen MR) is 32.7 cm³/mol. The van der Waals surface area contributed by atoms with Crippen LogP contribution in [0.5, 0.6) is 0 Å². The summed E-state index contributed by atoms with van der Waals surface area (Å²) in [5.41, 5.74) is 0. The molecule has 64 valence electrons. The second-order valence-corrected chi connectivity index (χ2v) is 1.82. The molecular formula is C6H12O2Ru2. The first-order valence-electron chi connectivity index (χ1n) is 2.41. The zero-order valence-corrected chi connectivity index (χ0v) is 10.00. The van der Waals surface area contributed by atoms with Gasteiger partial charge in [0.15, 0.2) is 0 Å². The van der Waals surface area contributed by atoms with Crippen LogP contribution in [0.15, 0.2) is 0 Å². The molecule has 0 amide bonds. The first-order valence-corrected chi connectivity index (χ1v) is 2.41. The van der Waals surface area contributed by atoms with Crippen molar-refractivity contribution in [3.8, 4) is 0 Å². The molecule has 0 rings (SSSR count). The Balaban J connectivity index is -0.0000000300. The van der Waals surface area contributed by atoms with E-state index in [0.717, 1.165) is 0 Å². The number of carbonyl (C=O) groups excluding carboxylic acids is 2. The van der Waals surface area contributed by atoms with Crippen LogP contribution >= 0.6 is 0 Å². The number of rotatable bonds is 0. The second-order valence-electron chi connectivity index (χ2n) is 1.82. The Labute approximate surface area is 87.7 Å². The van der Waals surface area contributed by atoms with Crippen molar-refractivity contribution in [1.82, 2.24) is 0 Å². The monoisotopic (exact) mass is 320 g/mol. The SMILES string of the molecule is CC(C)=O.CC(C)=O.[Ru].[Ru]. The molecule has 4 heteroatoms. The van der Waals surface area contributed by atoms with Gasteiger partial charge in [0.05, 0.1) is 0 Å². The number of Topliss-reactive ketones (excluding diaryl/α,β-unsaturated/α-hetero) is 2. The maximum atomic E-state index is 9.44. The van der Waals surface area contributed by atoms with E-state index in [0.29, 0.717) is 0 Å². The maximum absolute atomic E-state index is 9.44. The van der Waals surface area contributed by atoms with Gasteiger partial charge >= 0.3 is 0 Å². The third-order valence-corrected chi connectivity index (χ3v) is 0. The van der Waals surface area contributed by atoms with Crippen LogP contribution in [0.4, 0.5) is 0 Å². The zero-order chi connectivity index (χ0) is 7.15. The molecule has 0 radical (unpaired) electrons. The van der Waals surface area contributed by atoms with Gasteiger partial charge < -0.3 is 9.59 Å². The Morgan fingerprint density at radius 1 is 0.700 bits per heavy atom. The minimum Gasteiger partial charge on any atom is -0.300 e. The smallest absolute Gasteiger partial charge is 0.126 e. The van der Waals surface area contributed by atoms with Gasteiger partial charge in [0, 0.05) is 39.0 Å². The average molecular weight is 318 g/mol. The fourth-order valence-corrected chi connectivity index (χ4v) is 0. The Kier molecular flexibility index (Phi) is 36.5. The Hall–Kier alpha value is 0.587. The van der Waals surface area contributed by atoms with Crippen molar-refractivity contribution in [3.63, 3.8) is 0 Å². The van der Waals surface area contributed by atoms with Crippen molar-refractivity contribution < 1.29 is 48.5 Å². The van der Waals surface area contributed by atoms with Crippen LogP contribution < -0.4 is 0 Å². The summed E-state index contributed by atoms with van der Waals surface area (Å²) >= 11 is 0. The van der Waals surface area contributed by atoms with E-state index < -0.39 is 0 Å². The van der Waals surface area contributed by atoms with Crippen LogP contribution in [0.2, 0.25) is 0 Å². The number of ketones is 2. The number of carbonyl (C=O) groups is 2. The van der Waals surface area contributed by atoms with Gasteiger partial charge in [-0.25, -0.2) is 0 Å². The van der Waals surface area contributed by atoms with E-state index in [1.165, 1.54) is 27.7 Å². The van der Waals surface area contributed by atoms with E-state index in [4.69, 9.17) is 0 Å². The van der Waals surface area contributed by atoms with Crippen LogP contribution in [0.3, 0.4) is 0 Å². The van der Waals surface area contributed by atoms with E-state index in [1.807, 2.05) is 0 Å². The average Bonchev–Trinajstić information content (AvgIpc) is 1.25. The molecular weight excluding hydrogens is 306 g/mol. The molecule has 0 spiro atoms. The molecule has 0 aliphatic carbocycles. The zero-order valence-electron chi connectivity index (χ0n) is 6.52. The van der Waals surface area contributed by atoms with Crippen LogP contribution in [-0.2, 0) is 48.5 Å². The van der Waals surface area contributed by atoms with Crippen molar-refractivity contribution in [3.05, 3.63) is 0 Å². The molecule has 0 saturated heterocycles. The summed E-state index contributed by atoms with van der Waals surface area (Å²) in [6.07, 6.45) is 0. The van der Waals surface area contributed by atoms with E-state index in [1.54, 1.807) is 0 Å². The molecule has 10 heavy (non-hydrogen) atoms. The summed E-state index contributed by atoms with van der Waals surface area (Å²) in [5, 5.41) is 0. The van der Waals surface area contributed by atoms with Gasteiger partial charge in [0.25, 0.3) is 0 Å². The van der Waals surface area contributed by atoms with E-state index in [9.17, 15) is 9.59 Å². The molecule has 0 saturated carbocycles. The molecule has 0 bridgehead atoms. The predicted octanol–water partition coefficient (Wildman–Crippen LogP) is 1.19. The van der Waals surface area contributed by atoms with E-state index >= 15 is 0 Å². The van der Waals surface area contributed by atoms with Crippen LogP contribution in [0, 0.1) is 0 Å². The van der Waals surface area contributed by atoms with Gasteiger partial charge in [-0.1, -0.05) is 0 Å². The maximum Gasteiger partial charge on any atom is 0.126 e. The summed E-state index contributed by atoms with van der Waals surface area (Å²) in [5.74, 6) is 0.333. The first kappa shape index (κ1) is 22.4. The summed E-state index contributed by atoms with van der Waals surface area (Å²) < 4.78 is 0. The minimum atomic E-state index is 0. The summed E-state index contributed by atoms with van der Waals surface area (Å²) in [4.78, 5) is 18.9. The van der Waals surface area contributed by atoms with Gasteiger partial charge in [-0.15, -0.1) is 0 Å². The fourth-order valence-electron chi connectivity index (χ4n) is 0. The van der Waals surface area contributed by atoms with Crippen molar-refractivity contribution in [2.45, 2.75) is 27.7 Å². The molecule has 2 nitrogen and oxygen atoms in total. The third kappa shape index (κ3) is 1440. The van der Waals surface area contributed by atoms with Crippen molar-refractivity contribution in [2.75, 3.05) is 0 Å². The summed E-state index contributed by atoms with van der Waals surface area (Å²) in [6.45, 7) is 6.11. The number of hydrogen-bond donors (Lipinski definition) is 0. The van der Waals surface area contributed by atoms with Crippen LogP contribution in [0.25, 0.3) is 0 Å². The molecule has 0 N–H and O–H groups in total. The molecule has 0 aromatic carbocycles. The normalized spacial score (nSPS) is 5.20. The van der Waals surface area contributed by atoms with E-state index in [2.05, 4.69) is 0 Å². The topological polar surface area (TPSA) is 34.1 Å². The molecule has 0 fully saturated rings. The Morgan fingerprint density at radius 3 is 0.700 bits per heavy atom. The summed E-state index contributed by atoms with van der Waals surface area (Å²) in [7, 11) is 0. The Bertz CT molecular complexity index is 71.7. The molecule has 0 aromatic rings. The van der Waals surface area contributed by atoms with Gasteiger partial charge in [0.1, 0.15) is 11.6 Å². The third-order valence-electron chi connectivity index (χ3n) is 0. The largest absolute Gasteiger partial charge is 0.300 e. The van der Waals surface area contributed by atoms with Crippen molar-refractivity contribution in [1.29, 1.82) is 0 Å². The second kappa shape index (κ2) is 16.3. The molecule has 0 aromatic heterocycles. The standard InChI is InChI=1S/2C3H6O.2Ru/c2*1-3(2)4;;/h2*1-2H3;;. The molecule has 0 aliphatic heterocycles. The molecule has 0 atom stereocenters. The summed E-state index contributed by atoms with van der Waals surface area (Å²) in [6, 6.07) is 0. The molecule has 0 heterocycles. The van der Waals surface area contributed by atoms with Gasteiger partial charge in [-0.3, -0.25) is 0 Å². The molecule has 0 unspecified atom stereocenters. The Morgan fingerprint density at radius 2 is 0.700 bits per heavy atom. The fraction of sp³-hybridized carbons (Fsp3) is 0.667. The van der Waals surface area contributed by atoms with Crippen molar-refractivity contribution >= 4 is 11.6 Å². The molecule has 0 aliphatic rings. The van der Waals surface area contributed by atoms with Gasteiger partial charge in [-0.2, -0.15) is 0 Å². The van der Waals surface area contributed by atoms with Crippen molar-refractivity contribution in [2.24, 2.45) is 0 Å². The van der Waals surface area contributed by atoms with Gasteiger partial charge in [0.2, 0.25) is 0 Å².